The number of carbonyl (C=O) groups is 1. The van der Waals surface area contributed by atoms with E-state index >= 15 is 0 Å². The minimum absolute atomic E-state index is 0.00270. The second-order valence-electron chi connectivity index (χ2n) is 10.1. The van der Waals surface area contributed by atoms with Crippen LogP contribution in [0.4, 0.5) is 0 Å². The van der Waals surface area contributed by atoms with Crippen LogP contribution in [0.3, 0.4) is 0 Å². The van der Waals surface area contributed by atoms with Gasteiger partial charge in [0.15, 0.2) is 5.03 Å². The first kappa shape index (κ1) is 28.1. The summed E-state index contributed by atoms with van der Waals surface area (Å²) < 4.78 is 62.5. The standard InChI is InChI=1S/C26H31N3O6S2Si/c1-35-26(30)18-22-19-28(14-13-27-22)37(33,34)25-17-21-16-20(12-15-38(2,3)4)10-11-24(21)29(25)36(31,32)23-8-6-5-7-9-23/h5-11,16-17,22,27H,13-14,18-19H2,1-4H3. The van der Waals surface area contributed by atoms with Gasteiger partial charge in [-0.1, -0.05) is 43.8 Å². The molecule has 1 aliphatic rings. The van der Waals surface area contributed by atoms with Crippen LogP contribution < -0.4 is 5.32 Å². The third kappa shape index (κ3) is 5.87. The normalized spacial score (nSPS) is 17.1. The Morgan fingerprint density at radius 3 is 2.42 bits per heavy atom. The fourth-order valence-corrected chi connectivity index (χ4v) is 8.27. The van der Waals surface area contributed by atoms with Gasteiger partial charge in [-0.2, -0.15) is 4.31 Å². The predicted molar refractivity (Wildman–Crippen MR) is 148 cm³/mol. The van der Waals surface area contributed by atoms with Gasteiger partial charge in [-0.3, -0.25) is 4.79 Å². The highest BCUT2D eigenvalue weighted by molar-refractivity contribution is 7.92. The first-order valence-corrected chi connectivity index (χ1v) is 18.5. The van der Waals surface area contributed by atoms with Gasteiger partial charge in [0.05, 0.1) is 23.9 Å². The number of esters is 1. The minimum Gasteiger partial charge on any atom is -0.469 e. The largest absolute Gasteiger partial charge is 0.469 e. The van der Waals surface area contributed by atoms with E-state index < -0.39 is 40.1 Å². The molecule has 0 spiro atoms. The predicted octanol–water partition coefficient (Wildman–Crippen LogP) is 2.63. The summed E-state index contributed by atoms with van der Waals surface area (Å²) in [5.41, 5.74) is 4.20. The number of ether oxygens (including phenoxy) is 1. The summed E-state index contributed by atoms with van der Waals surface area (Å²) in [4.78, 5) is 11.8. The van der Waals surface area contributed by atoms with E-state index in [1.54, 1.807) is 36.4 Å². The zero-order valence-electron chi connectivity index (χ0n) is 21.8. The van der Waals surface area contributed by atoms with Crippen molar-refractivity contribution in [1.82, 2.24) is 13.6 Å². The molecule has 12 heteroatoms. The maximum absolute atomic E-state index is 14.0. The molecule has 38 heavy (non-hydrogen) atoms. The van der Waals surface area contributed by atoms with E-state index in [-0.39, 0.29) is 34.9 Å². The SMILES string of the molecule is COC(=O)CC1CN(S(=O)(=O)c2cc3cc(C#C[Si](C)(C)C)ccc3n2S(=O)(=O)c2ccccc2)CCN1. The van der Waals surface area contributed by atoms with Crippen molar-refractivity contribution < 1.29 is 26.4 Å². The van der Waals surface area contributed by atoms with Gasteiger partial charge in [0.25, 0.3) is 20.0 Å². The molecule has 1 fully saturated rings. The molecule has 0 bridgehead atoms. The molecule has 9 nitrogen and oxygen atoms in total. The van der Waals surface area contributed by atoms with E-state index in [0.717, 1.165) is 3.97 Å². The highest BCUT2D eigenvalue weighted by atomic mass is 32.2. The summed E-state index contributed by atoms with van der Waals surface area (Å²) in [7, 11) is -8.93. The Morgan fingerprint density at radius 1 is 1.05 bits per heavy atom. The third-order valence-corrected chi connectivity index (χ3v) is 10.6. The first-order valence-electron chi connectivity index (χ1n) is 12.1. The van der Waals surface area contributed by atoms with Gasteiger partial charge in [-0.05, 0) is 36.4 Å². The van der Waals surface area contributed by atoms with Crippen LogP contribution in [0.2, 0.25) is 19.6 Å². The lowest BCUT2D eigenvalue weighted by Gasteiger charge is -2.32. The Balaban J connectivity index is 1.88. The second kappa shape index (κ2) is 10.7. The molecule has 2 aromatic carbocycles. The molecule has 1 atom stereocenters. The van der Waals surface area contributed by atoms with E-state index in [4.69, 9.17) is 4.74 Å². The van der Waals surface area contributed by atoms with E-state index in [1.807, 2.05) is 0 Å². The van der Waals surface area contributed by atoms with Crippen molar-refractivity contribution in [1.29, 1.82) is 0 Å². The maximum atomic E-state index is 14.0. The molecule has 202 valence electrons. The Labute approximate surface area is 224 Å². The topological polar surface area (TPSA) is 115 Å². The van der Waals surface area contributed by atoms with Crippen LogP contribution >= 0.6 is 0 Å². The molecule has 0 amide bonds. The molecule has 3 aromatic rings. The van der Waals surface area contributed by atoms with Gasteiger partial charge in [-0.25, -0.2) is 20.8 Å². The molecule has 1 saturated heterocycles. The van der Waals surface area contributed by atoms with Gasteiger partial charge < -0.3 is 10.1 Å². The molecular formula is C26H31N3O6S2Si. The summed E-state index contributed by atoms with van der Waals surface area (Å²) in [6, 6.07) is 13.7. The Bertz CT molecular complexity index is 1630. The Hall–Kier alpha value is -2.95. The second-order valence-corrected chi connectivity index (χ2v) is 18.6. The van der Waals surface area contributed by atoms with Crippen LogP contribution in [0.1, 0.15) is 12.0 Å². The highest BCUT2D eigenvalue weighted by Crippen LogP contribution is 2.31. The van der Waals surface area contributed by atoms with Gasteiger partial charge >= 0.3 is 5.97 Å². The number of fused-ring (bicyclic) bond motifs is 1. The maximum Gasteiger partial charge on any atom is 0.307 e. The average molecular weight is 574 g/mol. The molecule has 2 heterocycles. The minimum atomic E-state index is -4.27. The Kier molecular flexibility index (Phi) is 7.88. The number of nitrogens with zero attached hydrogens (tertiary/aromatic N) is 2. The van der Waals surface area contributed by atoms with Gasteiger partial charge in [0, 0.05) is 36.6 Å². The summed E-state index contributed by atoms with van der Waals surface area (Å²) in [6.07, 6.45) is -0.00700. The van der Waals surface area contributed by atoms with Crippen LogP contribution in [-0.4, -0.2) is 71.9 Å². The summed E-state index contributed by atoms with van der Waals surface area (Å²) in [5.74, 6) is 2.69. The van der Waals surface area contributed by atoms with Gasteiger partial charge in [0.1, 0.15) is 8.07 Å². The third-order valence-electron chi connectivity index (χ3n) is 6.05. The van der Waals surface area contributed by atoms with E-state index in [9.17, 15) is 21.6 Å². The molecule has 0 saturated carbocycles. The quantitative estimate of drug-likeness (QED) is 0.274. The average Bonchev–Trinajstić information content (AvgIpc) is 3.28. The molecule has 0 radical (unpaired) electrons. The van der Waals surface area contributed by atoms with Crippen molar-refractivity contribution in [2.75, 3.05) is 26.7 Å². The fourth-order valence-electron chi connectivity index (χ4n) is 4.19. The van der Waals surface area contributed by atoms with Crippen molar-refractivity contribution in [2.45, 2.75) is 42.0 Å². The molecule has 1 aromatic heterocycles. The number of benzene rings is 2. The van der Waals surface area contributed by atoms with Crippen LogP contribution in [-0.2, 0) is 29.6 Å². The smallest absolute Gasteiger partial charge is 0.307 e. The van der Waals surface area contributed by atoms with Crippen LogP contribution in [0.25, 0.3) is 10.9 Å². The number of sulfonamides is 1. The number of rotatable bonds is 6. The molecule has 0 aliphatic carbocycles. The number of hydrogen-bond donors (Lipinski definition) is 1. The van der Waals surface area contributed by atoms with Crippen LogP contribution in [0, 0.1) is 11.5 Å². The zero-order chi connectivity index (χ0) is 27.7. The van der Waals surface area contributed by atoms with Crippen molar-refractivity contribution in [3.63, 3.8) is 0 Å². The lowest BCUT2D eigenvalue weighted by Crippen LogP contribution is -2.53. The van der Waals surface area contributed by atoms with Crippen molar-refractivity contribution in [3.8, 4) is 11.5 Å². The zero-order valence-corrected chi connectivity index (χ0v) is 24.4. The summed E-state index contributed by atoms with van der Waals surface area (Å²) in [5, 5.41) is 3.22. The van der Waals surface area contributed by atoms with Gasteiger partial charge in [0.2, 0.25) is 0 Å². The summed E-state index contributed by atoms with van der Waals surface area (Å²) >= 11 is 0. The Morgan fingerprint density at radius 2 is 1.76 bits per heavy atom. The van der Waals surface area contributed by atoms with E-state index in [0.29, 0.717) is 17.5 Å². The number of aromatic nitrogens is 1. The lowest BCUT2D eigenvalue weighted by molar-refractivity contribution is -0.141. The fraction of sp³-hybridized carbons (Fsp3) is 0.346. The number of hydrogen-bond acceptors (Lipinski definition) is 7. The molecule has 1 aliphatic heterocycles. The van der Waals surface area contributed by atoms with E-state index in [1.165, 1.54) is 29.6 Å². The van der Waals surface area contributed by atoms with Crippen molar-refractivity contribution in [2.24, 2.45) is 0 Å². The number of piperazine rings is 1. The van der Waals surface area contributed by atoms with Crippen LogP contribution in [0.5, 0.6) is 0 Å². The van der Waals surface area contributed by atoms with Crippen molar-refractivity contribution >= 4 is 45.0 Å². The van der Waals surface area contributed by atoms with E-state index in [2.05, 4.69) is 36.4 Å². The summed E-state index contributed by atoms with van der Waals surface area (Å²) in [6.45, 7) is 6.79. The van der Waals surface area contributed by atoms with Gasteiger partial charge in [-0.15, -0.1) is 5.54 Å². The monoisotopic (exact) mass is 573 g/mol. The molecule has 1 N–H and O–H groups in total. The number of carbonyl (C=O) groups excluding carboxylic acids is 1. The number of nitrogens with one attached hydrogen (secondary N) is 1. The number of methoxy groups -OCH3 is 1. The highest BCUT2D eigenvalue weighted by Gasteiger charge is 2.36. The lowest BCUT2D eigenvalue weighted by atomic mass is 10.2. The van der Waals surface area contributed by atoms with Crippen LogP contribution in [0.15, 0.2) is 64.5 Å². The molecular weight excluding hydrogens is 543 g/mol. The first-order chi connectivity index (χ1) is 17.8. The molecule has 4 rings (SSSR count). The molecule has 1 unspecified atom stereocenters. The van der Waals surface area contributed by atoms with Crippen molar-refractivity contribution in [3.05, 3.63) is 60.2 Å².